The van der Waals surface area contributed by atoms with Crippen molar-refractivity contribution in [3.05, 3.63) is 0 Å². The number of carbonyl (C=O) groups excluding carboxylic acids is 1. The van der Waals surface area contributed by atoms with Crippen LogP contribution in [0.5, 0.6) is 0 Å². The molecular formula is C11H18N2O2S. The van der Waals surface area contributed by atoms with Crippen molar-refractivity contribution in [2.75, 3.05) is 19.7 Å². The smallest absolute Gasteiger partial charge is 0.235 e. The monoisotopic (exact) mass is 242 g/mol. The number of hydrogen-bond acceptors (Lipinski definition) is 3. The Morgan fingerprint density at radius 2 is 2.00 bits per heavy atom. The van der Waals surface area contributed by atoms with Crippen molar-refractivity contribution in [1.82, 2.24) is 4.90 Å². The van der Waals surface area contributed by atoms with Gasteiger partial charge in [0.25, 0.3) is 0 Å². The van der Waals surface area contributed by atoms with Crippen molar-refractivity contribution < 1.29 is 9.90 Å². The summed E-state index contributed by atoms with van der Waals surface area (Å²) in [6.07, 6.45) is 3.38. The number of thiocarbonyl (C=S) groups is 1. The third-order valence-corrected chi connectivity index (χ3v) is 4.18. The van der Waals surface area contributed by atoms with Crippen molar-refractivity contribution in [3.63, 3.8) is 0 Å². The lowest BCUT2D eigenvalue weighted by Gasteiger charge is -2.33. The first-order valence-corrected chi connectivity index (χ1v) is 6.21. The van der Waals surface area contributed by atoms with Crippen LogP contribution in [0.25, 0.3) is 0 Å². The first-order valence-electron chi connectivity index (χ1n) is 5.80. The zero-order chi connectivity index (χ0) is 11.8. The van der Waals surface area contributed by atoms with Gasteiger partial charge in [0.1, 0.15) is 0 Å². The van der Waals surface area contributed by atoms with E-state index in [4.69, 9.17) is 23.1 Å². The lowest BCUT2D eigenvalue weighted by Crippen LogP contribution is -2.46. The van der Waals surface area contributed by atoms with Gasteiger partial charge in [-0.1, -0.05) is 12.2 Å². The highest BCUT2D eigenvalue weighted by Gasteiger charge is 2.54. The predicted molar refractivity (Wildman–Crippen MR) is 64.8 cm³/mol. The Bertz CT molecular complexity index is 307. The minimum Gasteiger partial charge on any atom is -0.396 e. The molecule has 3 N–H and O–H groups in total. The van der Waals surface area contributed by atoms with Gasteiger partial charge < -0.3 is 15.7 Å². The zero-order valence-electron chi connectivity index (χ0n) is 9.32. The van der Waals surface area contributed by atoms with E-state index in [2.05, 4.69) is 0 Å². The molecule has 0 atom stereocenters. The van der Waals surface area contributed by atoms with Gasteiger partial charge in [-0.05, 0) is 31.6 Å². The number of aliphatic hydroxyl groups is 1. The van der Waals surface area contributed by atoms with Crippen molar-refractivity contribution in [2.45, 2.75) is 25.7 Å². The maximum Gasteiger partial charge on any atom is 0.235 e. The normalized spacial score (nSPS) is 24.2. The fourth-order valence-electron chi connectivity index (χ4n) is 2.31. The fourth-order valence-corrected chi connectivity index (χ4v) is 2.60. The Morgan fingerprint density at radius 3 is 2.38 bits per heavy atom. The minimum atomic E-state index is -0.513. The highest BCUT2D eigenvalue weighted by atomic mass is 32.1. The van der Waals surface area contributed by atoms with E-state index in [1.807, 2.05) is 4.90 Å². The molecule has 0 aromatic heterocycles. The molecule has 16 heavy (non-hydrogen) atoms. The molecule has 4 nitrogen and oxygen atoms in total. The van der Waals surface area contributed by atoms with Gasteiger partial charge in [-0.3, -0.25) is 4.79 Å². The second kappa shape index (κ2) is 4.30. The Morgan fingerprint density at radius 1 is 1.44 bits per heavy atom. The van der Waals surface area contributed by atoms with Crippen LogP contribution in [0.4, 0.5) is 0 Å². The largest absolute Gasteiger partial charge is 0.396 e. The highest BCUT2D eigenvalue weighted by Crippen LogP contribution is 2.47. The van der Waals surface area contributed by atoms with Gasteiger partial charge in [-0.25, -0.2) is 0 Å². The van der Waals surface area contributed by atoms with Crippen molar-refractivity contribution in [1.29, 1.82) is 0 Å². The maximum atomic E-state index is 12.2. The van der Waals surface area contributed by atoms with Crippen LogP contribution in [0.1, 0.15) is 25.7 Å². The summed E-state index contributed by atoms with van der Waals surface area (Å²) in [6.45, 7) is 1.69. The molecule has 0 bridgehead atoms. The summed E-state index contributed by atoms with van der Waals surface area (Å²) in [5.41, 5.74) is 5.13. The molecule has 1 amide bonds. The van der Waals surface area contributed by atoms with Crippen LogP contribution >= 0.6 is 12.2 Å². The topological polar surface area (TPSA) is 66.6 Å². The molecule has 1 aliphatic heterocycles. The number of nitrogens with two attached hydrogens (primary N) is 1. The van der Waals surface area contributed by atoms with Gasteiger partial charge in [0.05, 0.1) is 10.4 Å². The predicted octanol–water partition coefficient (Wildman–Crippen LogP) is 0.284. The second-order valence-corrected chi connectivity index (χ2v) is 5.30. The van der Waals surface area contributed by atoms with E-state index >= 15 is 0 Å². The Labute approximate surface area is 101 Å². The van der Waals surface area contributed by atoms with Crippen LogP contribution < -0.4 is 5.73 Å². The number of nitrogens with zero attached hydrogens (tertiary/aromatic N) is 1. The molecule has 0 radical (unpaired) electrons. The molecule has 2 aliphatic rings. The molecular weight excluding hydrogens is 224 g/mol. The van der Waals surface area contributed by atoms with Crippen LogP contribution in [0.15, 0.2) is 0 Å². The lowest BCUT2D eigenvalue weighted by molar-refractivity contribution is -0.136. The summed E-state index contributed by atoms with van der Waals surface area (Å²) in [6, 6.07) is 0. The summed E-state index contributed by atoms with van der Waals surface area (Å²) < 4.78 is 0. The standard InChI is InChI=1S/C11H18N2O2S/c12-9(16)11(3-4-11)10(15)13-5-1-8(7-14)2-6-13/h8,14H,1-7H2,(H2,12,16). The third kappa shape index (κ3) is 1.94. The summed E-state index contributed by atoms with van der Waals surface area (Å²) in [5.74, 6) is 0.459. The number of likely N-dealkylation sites (tertiary alicyclic amines) is 1. The number of piperidine rings is 1. The second-order valence-electron chi connectivity index (χ2n) is 4.86. The number of hydrogen-bond donors (Lipinski definition) is 2. The molecule has 2 rings (SSSR count). The molecule has 1 heterocycles. The number of carbonyl (C=O) groups is 1. The van der Waals surface area contributed by atoms with E-state index in [0.29, 0.717) is 10.9 Å². The van der Waals surface area contributed by atoms with Gasteiger partial charge in [-0.15, -0.1) is 0 Å². The maximum absolute atomic E-state index is 12.2. The number of rotatable bonds is 3. The zero-order valence-corrected chi connectivity index (χ0v) is 10.1. The molecule has 1 saturated carbocycles. The molecule has 1 saturated heterocycles. The van der Waals surface area contributed by atoms with Crippen molar-refractivity contribution >= 4 is 23.1 Å². The van der Waals surface area contributed by atoms with Gasteiger partial charge >= 0.3 is 0 Å². The quantitative estimate of drug-likeness (QED) is 0.698. The molecule has 0 aromatic rings. The highest BCUT2D eigenvalue weighted by molar-refractivity contribution is 7.80. The molecule has 2 fully saturated rings. The average Bonchev–Trinajstić information content (AvgIpc) is 3.09. The fraction of sp³-hybridized carbons (Fsp3) is 0.818. The third-order valence-electron chi connectivity index (χ3n) is 3.79. The summed E-state index contributed by atoms with van der Waals surface area (Å²) in [5, 5.41) is 9.03. The van der Waals surface area contributed by atoms with Crippen LogP contribution in [0.3, 0.4) is 0 Å². The number of amides is 1. The molecule has 0 unspecified atom stereocenters. The SMILES string of the molecule is NC(=S)C1(C(=O)N2CCC(CO)CC2)CC1. The van der Waals surface area contributed by atoms with Gasteiger partial charge in [-0.2, -0.15) is 0 Å². The van der Waals surface area contributed by atoms with E-state index in [9.17, 15) is 4.79 Å². The Hall–Kier alpha value is -0.680. The van der Waals surface area contributed by atoms with Gasteiger partial charge in [0, 0.05) is 19.7 Å². The van der Waals surface area contributed by atoms with Crippen LogP contribution in [-0.2, 0) is 4.79 Å². The van der Waals surface area contributed by atoms with Crippen LogP contribution in [0, 0.1) is 11.3 Å². The molecule has 0 aromatic carbocycles. The van der Waals surface area contributed by atoms with E-state index < -0.39 is 5.41 Å². The molecule has 0 spiro atoms. The average molecular weight is 242 g/mol. The van der Waals surface area contributed by atoms with Crippen molar-refractivity contribution in [3.8, 4) is 0 Å². The van der Waals surface area contributed by atoms with Crippen LogP contribution in [-0.4, -0.2) is 40.6 Å². The van der Waals surface area contributed by atoms with E-state index in [0.717, 1.165) is 38.8 Å². The molecule has 5 heteroatoms. The van der Waals surface area contributed by atoms with E-state index in [-0.39, 0.29) is 12.5 Å². The van der Waals surface area contributed by atoms with Crippen LogP contribution in [0.2, 0.25) is 0 Å². The Kier molecular flexibility index (Phi) is 3.17. The van der Waals surface area contributed by atoms with Gasteiger partial charge in [0.2, 0.25) is 5.91 Å². The minimum absolute atomic E-state index is 0.108. The first-order chi connectivity index (χ1) is 7.60. The first kappa shape index (κ1) is 11.8. The summed E-state index contributed by atoms with van der Waals surface area (Å²) >= 11 is 4.98. The van der Waals surface area contributed by atoms with E-state index in [1.54, 1.807) is 0 Å². The summed E-state index contributed by atoms with van der Waals surface area (Å²) in [4.78, 5) is 14.4. The summed E-state index contributed by atoms with van der Waals surface area (Å²) in [7, 11) is 0. The van der Waals surface area contributed by atoms with Gasteiger partial charge in [0.15, 0.2) is 0 Å². The van der Waals surface area contributed by atoms with Crippen molar-refractivity contribution in [2.24, 2.45) is 17.1 Å². The molecule has 90 valence electrons. The number of aliphatic hydroxyl groups excluding tert-OH is 1. The van der Waals surface area contributed by atoms with E-state index in [1.165, 1.54) is 0 Å². The Balaban J connectivity index is 1.95. The molecule has 1 aliphatic carbocycles. The lowest BCUT2D eigenvalue weighted by atomic mass is 9.96.